The fourth-order valence-electron chi connectivity index (χ4n) is 3.63. The van der Waals surface area contributed by atoms with Crippen molar-refractivity contribution < 1.29 is 14.0 Å². The third kappa shape index (κ3) is 5.09. The van der Waals surface area contributed by atoms with Crippen LogP contribution in [0.3, 0.4) is 0 Å². The number of aromatic nitrogens is 2. The Morgan fingerprint density at radius 1 is 0.903 bits per heavy atom. The number of amides is 1. The standard InChI is InChI=1S/C25H25N3O3/c29-22(19-10-3-1-4-11-19)18-28-21-13-7-6-12-20(21)27-24(28)15-5-2-8-16-26-25(30)23-14-9-17-31-23/h1,3-4,6-7,9-14,17H,2,5,8,15-16,18H2,(H,26,30). The van der Waals surface area contributed by atoms with Gasteiger partial charge in [-0.1, -0.05) is 48.9 Å². The van der Waals surface area contributed by atoms with E-state index in [0.29, 0.717) is 17.9 Å². The predicted octanol–water partition coefficient (Wildman–Crippen LogP) is 4.66. The van der Waals surface area contributed by atoms with Crippen LogP contribution in [0.1, 0.15) is 46.0 Å². The van der Waals surface area contributed by atoms with Gasteiger partial charge < -0.3 is 14.3 Å². The Kier molecular flexibility index (Phi) is 6.57. The largest absolute Gasteiger partial charge is 0.459 e. The van der Waals surface area contributed by atoms with Gasteiger partial charge in [-0.3, -0.25) is 9.59 Å². The van der Waals surface area contributed by atoms with Gasteiger partial charge in [0.25, 0.3) is 5.91 Å². The smallest absolute Gasteiger partial charge is 0.286 e. The number of rotatable bonds is 10. The molecule has 1 N–H and O–H groups in total. The van der Waals surface area contributed by atoms with Gasteiger partial charge in [0.15, 0.2) is 11.5 Å². The van der Waals surface area contributed by atoms with Crippen molar-refractivity contribution in [3.63, 3.8) is 0 Å². The van der Waals surface area contributed by atoms with Crippen LogP contribution in [0, 0.1) is 0 Å². The van der Waals surface area contributed by atoms with Crippen molar-refractivity contribution in [3.05, 3.63) is 90.1 Å². The molecule has 2 aromatic heterocycles. The zero-order chi connectivity index (χ0) is 21.5. The van der Waals surface area contributed by atoms with Crippen LogP contribution in [0.5, 0.6) is 0 Å². The molecule has 0 atom stereocenters. The molecule has 4 aromatic rings. The zero-order valence-corrected chi connectivity index (χ0v) is 17.3. The summed E-state index contributed by atoms with van der Waals surface area (Å²) >= 11 is 0. The van der Waals surface area contributed by atoms with Gasteiger partial charge in [-0.15, -0.1) is 0 Å². The first-order chi connectivity index (χ1) is 15.2. The quantitative estimate of drug-likeness (QED) is 0.302. The van der Waals surface area contributed by atoms with Crippen molar-refractivity contribution in [2.24, 2.45) is 0 Å². The lowest BCUT2D eigenvalue weighted by Crippen LogP contribution is -2.23. The first-order valence-corrected chi connectivity index (χ1v) is 10.6. The minimum atomic E-state index is -0.189. The Labute approximate surface area is 180 Å². The average molecular weight is 415 g/mol. The summed E-state index contributed by atoms with van der Waals surface area (Å²) in [5.74, 6) is 1.14. The average Bonchev–Trinajstić information content (AvgIpc) is 3.45. The zero-order valence-electron chi connectivity index (χ0n) is 17.3. The summed E-state index contributed by atoms with van der Waals surface area (Å²) in [5, 5.41) is 2.86. The maximum atomic E-state index is 12.8. The molecule has 6 heteroatoms. The van der Waals surface area contributed by atoms with E-state index < -0.39 is 0 Å². The van der Waals surface area contributed by atoms with Gasteiger partial charge in [0.2, 0.25) is 0 Å². The number of hydrogen-bond donors (Lipinski definition) is 1. The van der Waals surface area contributed by atoms with Crippen LogP contribution in [0.15, 0.2) is 77.4 Å². The maximum absolute atomic E-state index is 12.8. The number of nitrogens with one attached hydrogen (secondary N) is 1. The molecule has 0 spiro atoms. The van der Waals surface area contributed by atoms with Crippen LogP contribution < -0.4 is 5.32 Å². The van der Waals surface area contributed by atoms with Crippen molar-refractivity contribution >= 4 is 22.7 Å². The molecule has 0 aliphatic heterocycles. The number of nitrogens with zero attached hydrogens (tertiary/aromatic N) is 2. The van der Waals surface area contributed by atoms with Gasteiger partial charge in [-0.05, 0) is 37.1 Å². The van der Waals surface area contributed by atoms with Crippen LogP contribution in [0.25, 0.3) is 11.0 Å². The fourth-order valence-corrected chi connectivity index (χ4v) is 3.63. The molecular formula is C25H25N3O3. The summed E-state index contributed by atoms with van der Waals surface area (Å²) in [6.45, 7) is 0.876. The summed E-state index contributed by atoms with van der Waals surface area (Å²) < 4.78 is 7.12. The monoisotopic (exact) mass is 415 g/mol. The topological polar surface area (TPSA) is 77.1 Å². The van der Waals surface area contributed by atoms with Crippen molar-refractivity contribution in [1.82, 2.24) is 14.9 Å². The van der Waals surface area contributed by atoms with Crippen molar-refractivity contribution in [2.45, 2.75) is 32.2 Å². The molecule has 0 saturated carbocycles. The molecule has 31 heavy (non-hydrogen) atoms. The summed E-state index contributed by atoms with van der Waals surface area (Å²) in [6, 6.07) is 20.6. The number of benzene rings is 2. The minimum absolute atomic E-state index is 0.0747. The number of hydrogen-bond acceptors (Lipinski definition) is 4. The number of Topliss-reactive ketones (excluding diaryl/α,β-unsaturated/α-hetero) is 1. The van der Waals surface area contributed by atoms with E-state index in [1.807, 2.05) is 59.2 Å². The second-order valence-electron chi connectivity index (χ2n) is 7.44. The highest BCUT2D eigenvalue weighted by atomic mass is 16.3. The van der Waals surface area contributed by atoms with E-state index in [4.69, 9.17) is 9.40 Å². The molecule has 0 fully saturated rings. The van der Waals surface area contributed by atoms with Crippen LogP contribution in [0.4, 0.5) is 0 Å². The maximum Gasteiger partial charge on any atom is 0.286 e. The Morgan fingerprint density at radius 3 is 2.52 bits per heavy atom. The predicted molar refractivity (Wildman–Crippen MR) is 119 cm³/mol. The lowest BCUT2D eigenvalue weighted by atomic mass is 10.1. The van der Waals surface area contributed by atoms with Gasteiger partial charge in [0.05, 0.1) is 23.8 Å². The Hall–Kier alpha value is -3.67. The number of carbonyl (C=O) groups excluding carboxylic acids is 2. The van der Waals surface area contributed by atoms with Gasteiger partial charge in [-0.2, -0.15) is 0 Å². The third-order valence-corrected chi connectivity index (χ3v) is 5.24. The lowest BCUT2D eigenvalue weighted by molar-refractivity contribution is 0.0924. The summed E-state index contributed by atoms with van der Waals surface area (Å²) in [7, 11) is 0. The molecule has 4 rings (SSSR count). The number of unbranched alkanes of at least 4 members (excludes halogenated alkanes) is 2. The van der Waals surface area contributed by atoms with Crippen molar-refractivity contribution in [1.29, 1.82) is 0 Å². The van der Waals surface area contributed by atoms with Gasteiger partial charge in [0.1, 0.15) is 5.82 Å². The first-order valence-electron chi connectivity index (χ1n) is 10.6. The number of para-hydroxylation sites is 2. The number of furan rings is 1. The highest BCUT2D eigenvalue weighted by Gasteiger charge is 2.14. The molecule has 0 aliphatic carbocycles. The fraction of sp³-hybridized carbons (Fsp3) is 0.240. The molecule has 6 nitrogen and oxygen atoms in total. The molecule has 0 bridgehead atoms. The highest BCUT2D eigenvalue weighted by molar-refractivity contribution is 5.96. The second kappa shape index (κ2) is 9.89. The van der Waals surface area contributed by atoms with E-state index in [9.17, 15) is 9.59 Å². The molecule has 2 aromatic carbocycles. The van der Waals surface area contributed by atoms with Crippen molar-refractivity contribution in [3.8, 4) is 0 Å². The number of carbonyl (C=O) groups is 2. The minimum Gasteiger partial charge on any atom is -0.459 e. The van der Waals surface area contributed by atoms with E-state index in [2.05, 4.69) is 5.32 Å². The lowest BCUT2D eigenvalue weighted by Gasteiger charge is -2.09. The number of ketones is 1. The molecular weight excluding hydrogens is 390 g/mol. The second-order valence-corrected chi connectivity index (χ2v) is 7.44. The first kappa shape index (κ1) is 20.6. The van der Waals surface area contributed by atoms with E-state index in [1.54, 1.807) is 12.1 Å². The molecule has 2 heterocycles. The molecule has 0 saturated heterocycles. The van der Waals surface area contributed by atoms with Crippen LogP contribution in [-0.4, -0.2) is 27.8 Å². The van der Waals surface area contributed by atoms with Crippen molar-refractivity contribution in [2.75, 3.05) is 6.54 Å². The molecule has 0 unspecified atom stereocenters. The van der Waals surface area contributed by atoms with Crippen LogP contribution >= 0.6 is 0 Å². The number of fused-ring (bicyclic) bond motifs is 1. The molecule has 158 valence electrons. The molecule has 1 amide bonds. The summed E-state index contributed by atoms with van der Waals surface area (Å²) in [5.41, 5.74) is 2.59. The van der Waals surface area contributed by atoms with Gasteiger partial charge in [0, 0.05) is 18.5 Å². The number of imidazole rings is 1. The highest BCUT2D eigenvalue weighted by Crippen LogP contribution is 2.19. The SMILES string of the molecule is O=C(Cn1c(CCCCCNC(=O)c2ccco2)nc2ccccc21)c1ccccc1. The van der Waals surface area contributed by atoms with Crippen LogP contribution in [-0.2, 0) is 13.0 Å². The van der Waals surface area contributed by atoms with E-state index in [-0.39, 0.29) is 18.2 Å². The van der Waals surface area contributed by atoms with Gasteiger partial charge >= 0.3 is 0 Å². The summed E-state index contributed by atoms with van der Waals surface area (Å²) in [6.07, 6.45) is 5.02. The normalized spacial score (nSPS) is 11.0. The Balaban J connectivity index is 1.34. The molecule has 0 aliphatic rings. The Morgan fingerprint density at radius 2 is 1.71 bits per heavy atom. The van der Waals surface area contributed by atoms with E-state index in [0.717, 1.165) is 42.5 Å². The third-order valence-electron chi connectivity index (χ3n) is 5.24. The van der Waals surface area contributed by atoms with E-state index >= 15 is 0 Å². The number of aryl methyl sites for hydroxylation is 1. The van der Waals surface area contributed by atoms with E-state index in [1.165, 1.54) is 6.26 Å². The van der Waals surface area contributed by atoms with Crippen LogP contribution in [0.2, 0.25) is 0 Å². The molecule has 0 radical (unpaired) electrons. The Bertz CT molecular complexity index is 1150. The van der Waals surface area contributed by atoms with Gasteiger partial charge in [-0.25, -0.2) is 4.98 Å². The summed E-state index contributed by atoms with van der Waals surface area (Å²) in [4.78, 5) is 29.4.